The van der Waals surface area contributed by atoms with Crippen molar-refractivity contribution < 1.29 is 4.74 Å². The monoisotopic (exact) mass is 302 g/mol. The van der Waals surface area contributed by atoms with Gasteiger partial charge in [-0.15, -0.1) is 23.2 Å². The van der Waals surface area contributed by atoms with E-state index in [2.05, 4.69) is 10.2 Å². The molecule has 0 aliphatic carbocycles. The number of halogens is 2. The highest BCUT2D eigenvalue weighted by molar-refractivity contribution is 6.18. The van der Waals surface area contributed by atoms with Gasteiger partial charge in [0, 0.05) is 35.3 Å². The highest BCUT2D eigenvalue weighted by atomic mass is 35.5. The van der Waals surface area contributed by atoms with Gasteiger partial charge in [0.15, 0.2) is 0 Å². The Labute approximate surface area is 122 Å². The van der Waals surface area contributed by atoms with E-state index >= 15 is 0 Å². The van der Waals surface area contributed by atoms with Gasteiger partial charge in [0.05, 0.1) is 38.7 Å². The van der Waals surface area contributed by atoms with Crippen molar-refractivity contribution in [2.75, 3.05) is 11.8 Å². The quantitative estimate of drug-likeness (QED) is 0.703. The molecule has 7 heteroatoms. The summed E-state index contributed by atoms with van der Waals surface area (Å²) in [5.74, 6) is 1.11. The zero-order valence-corrected chi connectivity index (χ0v) is 12.0. The van der Waals surface area contributed by atoms with E-state index in [4.69, 9.17) is 27.9 Å². The lowest BCUT2D eigenvalue weighted by molar-refractivity contribution is 0.107. The first-order valence-electron chi connectivity index (χ1n) is 6.04. The Morgan fingerprint density at radius 2 is 1.37 bits per heavy atom. The largest absolute Gasteiger partial charge is 0.372 e. The van der Waals surface area contributed by atoms with Crippen LogP contribution in [-0.2, 0) is 31.0 Å². The first-order chi connectivity index (χ1) is 9.31. The first kappa shape index (κ1) is 14.4. The van der Waals surface area contributed by atoms with Gasteiger partial charge in [0.2, 0.25) is 0 Å². The molecule has 0 saturated heterocycles. The molecule has 0 amide bonds. The summed E-state index contributed by atoms with van der Waals surface area (Å²) >= 11 is 11.3. The standard InChI is InChI=1S/C12H16Cl2N4O/c13-1-3-17-7-11(5-15-17)9-19-10-12-6-16-18(8-12)4-2-14/h5-8H,1-4,9-10H2. The predicted octanol–water partition coefficient (Wildman–Crippen LogP) is 2.27. The van der Waals surface area contributed by atoms with Gasteiger partial charge in [-0.3, -0.25) is 9.36 Å². The van der Waals surface area contributed by atoms with Gasteiger partial charge in [-0.25, -0.2) is 0 Å². The van der Waals surface area contributed by atoms with Crippen LogP contribution in [0.2, 0.25) is 0 Å². The summed E-state index contributed by atoms with van der Waals surface area (Å²) in [5.41, 5.74) is 2.08. The van der Waals surface area contributed by atoms with E-state index in [1.165, 1.54) is 0 Å². The maximum Gasteiger partial charge on any atom is 0.0752 e. The average Bonchev–Trinajstić information content (AvgIpc) is 3.01. The Bertz CT molecular complexity index is 453. The maximum atomic E-state index is 5.65. The van der Waals surface area contributed by atoms with Crippen LogP contribution in [0.5, 0.6) is 0 Å². The SMILES string of the molecule is ClCCn1cc(COCc2cnn(CCCl)c2)cn1. The number of alkyl halides is 2. The van der Waals surface area contributed by atoms with E-state index in [0.29, 0.717) is 38.1 Å². The fourth-order valence-corrected chi connectivity index (χ4v) is 2.01. The lowest BCUT2D eigenvalue weighted by Gasteiger charge is -2.00. The molecule has 19 heavy (non-hydrogen) atoms. The fourth-order valence-electron chi connectivity index (χ4n) is 1.67. The van der Waals surface area contributed by atoms with E-state index in [0.717, 1.165) is 11.1 Å². The molecule has 2 rings (SSSR count). The molecule has 0 spiro atoms. The second-order valence-corrected chi connectivity index (χ2v) is 4.85. The van der Waals surface area contributed by atoms with Crippen LogP contribution in [0.1, 0.15) is 11.1 Å². The van der Waals surface area contributed by atoms with Crippen LogP contribution in [0.4, 0.5) is 0 Å². The third-order valence-electron chi connectivity index (χ3n) is 2.54. The van der Waals surface area contributed by atoms with Crippen molar-refractivity contribution in [3.8, 4) is 0 Å². The molecule has 0 N–H and O–H groups in total. The maximum absolute atomic E-state index is 5.65. The molecule has 2 heterocycles. The molecule has 0 bridgehead atoms. The number of hydrogen-bond donors (Lipinski definition) is 0. The van der Waals surface area contributed by atoms with Crippen molar-refractivity contribution in [1.29, 1.82) is 0 Å². The molecule has 2 aromatic rings. The molecule has 0 saturated carbocycles. The van der Waals surface area contributed by atoms with E-state index in [-0.39, 0.29) is 0 Å². The van der Waals surface area contributed by atoms with Gasteiger partial charge in [-0.1, -0.05) is 0 Å². The minimum absolute atomic E-state index is 0.531. The summed E-state index contributed by atoms with van der Waals surface area (Å²) in [4.78, 5) is 0. The fraction of sp³-hybridized carbons (Fsp3) is 0.500. The zero-order valence-electron chi connectivity index (χ0n) is 10.5. The highest BCUT2D eigenvalue weighted by Gasteiger charge is 2.01. The zero-order chi connectivity index (χ0) is 13.5. The number of aromatic nitrogens is 4. The van der Waals surface area contributed by atoms with E-state index < -0.39 is 0 Å². The Morgan fingerprint density at radius 1 is 0.895 bits per heavy atom. The summed E-state index contributed by atoms with van der Waals surface area (Å²) in [6.07, 6.45) is 7.48. The van der Waals surface area contributed by atoms with Crippen LogP contribution in [0.3, 0.4) is 0 Å². The minimum atomic E-state index is 0.531. The lowest BCUT2D eigenvalue weighted by Crippen LogP contribution is -1.99. The number of nitrogens with zero attached hydrogens (tertiary/aromatic N) is 4. The molecule has 0 unspecified atom stereocenters. The van der Waals surface area contributed by atoms with Crippen molar-refractivity contribution in [2.24, 2.45) is 0 Å². The predicted molar refractivity (Wildman–Crippen MR) is 74.4 cm³/mol. The van der Waals surface area contributed by atoms with Gasteiger partial charge in [0.25, 0.3) is 0 Å². The average molecular weight is 303 g/mol. The second kappa shape index (κ2) is 7.53. The van der Waals surface area contributed by atoms with Gasteiger partial charge in [-0.05, 0) is 0 Å². The molecule has 0 aliphatic heterocycles. The molecular weight excluding hydrogens is 287 g/mol. The normalized spacial score (nSPS) is 11.1. The van der Waals surface area contributed by atoms with Gasteiger partial charge < -0.3 is 4.74 Å². The molecule has 5 nitrogen and oxygen atoms in total. The van der Waals surface area contributed by atoms with Crippen molar-refractivity contribution >= 4 is 23.2 Å². The van der Waals surface area contributed by atoms with Crippen LogP contribution in [0.15, 0.2) is 24.8 Å². The summed E-state index contributed by atoms with van der Waals surface area (Å²) in [7, 11) is 0. The van der Waals surface area contributed by atoms with Crippen LogP contribution >= 0.6 is 23.2 Å². The van der Waals surface area contributed by atoms with E-state index in [1.807, 2.05) is 21.8 Å². The molecule has 0 aromatic carbocycles. The van der Waals surface area contributed by atoms with Gasteiger partial charge in [0.1, 0.15) is 0 Å². The van der Waals surface area contributed by atoms with E-state index in [9.17, 15) is 0 Å². The Hall–Kier alpha value is -1.04. The molecule has 0 radical (unpaired) electrons. The third-order valence-corrected chi connectivity index (χ3v) is 2.88. The molecule has 104 valence electrons. The Morgan fingerprint density at radius 3 is 1.79 bits per heavy atom. The summed E-state index contributed by atoms with van der Waals surface area (Å²) in [6, 6.07) is 0. The summed E-state index contributed by atoms with van der Waals surface area (Å²) in [6.45, 7) is 2.49. The Kier molecular flexibility index (Phi) is 5.69. The number of rotatable bonds is 8. The third kappa shape index (κ3) is 4.53. The molecule has 2 aromatic heterocycles. The number of hydrogen-bond acceptors (Lipinski definition) is 3. The van der Waals surface area contributed by atoms with Gasteiger partial charge in [-0.2, -0.15) is 10.2 Å². The van der Waals surface area contributed by atoms with Crippen molar-refractivity contribution in [2.45, 2.75) is 26.3 Å². The topological polar surface area (TPSA) is 44.9 Å². The van der Waals surface area contributed by atoms with Crippen LogP contribution in [0.25, 0.3) is 0 Å². The first-order valence-corrected chi connectivity index (χ1v) is 7.11. The van der Waals surface area contributed by atoms with Crippen molar-refractivity contribution in [1.82, 2.24) is 19.6 Å². The summed E-state index contributed by atoms with van der Waals surface area (Å²) in [5, 5.41) is 8.36. The van der Waals surface area contributed by atoms with Crippen molar-refractivity contribution in [3.63, 3.8) is 0 Å². The van der Waals surface area contributed by atoms with Crippen LogP contribution < -0.4 is 0 Å². The highest BCUT2D eigenvalue weighted by Crippen LogP contribution is 2.05. The number of aryl methyl sites for hydroxylation is 2. The molecule has 0 fully saturated rings. The minimum Gasteiger partial charge on any atom is -0.372 e. The lowest BCUT2D eigenvalue weighted by atomic mass is 10.4. The molecule has 0 atom stereocenters. The smallest absolute Gasteiger partial charge is 0.0752 e. The number of ether oxygens (including phenoxy) is 1. The molecular formula is C12H16Cl2N4O. The van der Waals surface area contributed by atoms with Crippen molar-refractivity contribution in [3.05, 3.63) is 35.9 Å². The Balaban J connectivity index is 1.75. The van der Waals surface area contributed by atoms with Crippen LogP contribution in [0, 0.1) is 0 Å². The van der Waals surface area contributed by atoms with E-state index in [1.54, 1.807) is 12.4 Å². The second-order valence-electron chi connectivity index (χ2n) is 4.09. The molecule has 0 aliphatic rings. The summed E-state index contributed by atoms with van der Waals surface area (Å²) < 4.78 is 9.24. The van der Waals surface area contributed by atoms with Gasteiger partial charge >= 0.3 is 0 Å². The van der Waals surface area contributed by atoms with Crippen LogP contribution in [-0.4, -0.2) is 31.3 Å².